The highest BCUT2D eigenvalue weighted by Crippen LogP contribution is 2.45. The molecule has 2 aromatic carbocycles. The lowest BCUT2D eigenvalue weighted by Crippen LogP contribution is -2.32. The summed E-state index contributed by atoms with van der Waals surface area (Å²) in [6.07, 6.45) is 2.14. The molecule has 126 valence electrons. The van der Waals surface area contributed by atoms with Gasteiger partial charge in [0.15, 0.2) is 0 Å². The molecular formula is C19H21NO2S2. The quantitative estimate of drug-likeness (QED) is 0.835. The summed E-state index contributed by atoms with van der Waals surface area (Å²) in [5.41, 5.74) is 1.95. The van der Waals surface area contributed by atoms with Gasteiger partial charge in [-0.2, -0.15) is 16.1 Å². The van der Waals surface area contributed by atoms with E-state index in [2.05, 4.69) is 0 Å². The highest BCUT2D eigenvalue weighted by Gasteiger charge is 2.45. The lowest BCUT2D eigenvalue weighted by atomic mass is 9.87. The Morgan fingerprint density at radius 3 is 2.46 bits per heavy atom. The van der Waals surface area contributed by atoms with Crippen LogP contribution in [0.1, 0.15) is 12.8 Å². The van der Waals surface area contributed by atoms with E-state index >= 15 is 0 Å². The largest absolute Gasteiger partial charge is 0.243 e. The van der Waals surface area contributed by atoms with E-state index in [0.29, 0.717) is 18.0 Å². The number of sulfonamides is 1. The van der Waals surface area contributed by atoms with Crippen molar-refractivity contribution in [1.29, 1.82) is 0 Å². The fourth-order valence-electron chi connectivity index (χ4n) is 3.76. The van der Waals surface area contributed by atoms with Gasteiger partial charge in [-0.15, -0.1) is 0 Å². The standard InChI is InChI=1S/C19H21NO2S2/c21-24(22,20-12-10-19(14-20)11-13-23-15-19)18-9-5-4-8-17(18)16-6-2-1-3-7-16/h1-9H,10-15H2. The van der Waals surface area contributed by atoms with Crippen molar-refractivity contribution in [2.24, 2.45) is 5.41 Å². The average Bonchev–Trinajstić information content (AvgIpc) is 3.26. The molecule has 1 spiro atoms. The van der Waals surface area contributed by atoms with E-state index in [-0.39, 0.29) is 5.41 Å². The van der Waals surface area contributed by atoms with Gasteiger partial charge in [0.1, 0.15) is 0 Å². The summed E-state index contributed by atoms with van der Waals surface area (Å²) >= 11 is 1.96. The predicted octanol–water partition coefficient (Wildman–Crippen LogP) is 3.87. The Labute approximate surface area is 148 Å². The molecule has 2 heterocycles. The molecule has 2 saturated heterocycles. The lowest BCUT2D eigenvalue weighted by molar-refractivity contribution is 0.349. The van der Waals surface area contributed by atoms with Crippen LogP contribution in [0.2, 0.25) is 0 Å². The van der Waals surface area contributed by atoms with Crippen molar-refractivity contribution in [1.82, 2.24) is 4.31 Å². The van der Waals surface area contributed by atoms with Crippen LogP contribution in [-0.4, -0.2) is 37.3 Å². The molecule has 2 aromatic rings. The van der Waals surface area contributed by atoms with Crippen molar-refractivity contribution in [3.05, 3.63) is 54.6 Å². The second-order valence-electron chi connectivity index (χ2n) is 6.75. The molecular weight excluding hydrogens is 338 g/mol. The minimum absolute atomic E-state index is 0.208. The van der Waals surface area contributed by atoms with Crippen LogP contribution in [0, 0.1) is 5.41 Å². The maximum absolute atomic E-state index is 13.3. The van der Waals surface area contributed by atoms with Crippen LogP contribution < -0.4 is 0 Å². The van der Waals surface area contributed by atoms with Gasteiger partial charge < -0.3 is 0 Å². The van der Waals surface area contributed by atoms with Crippen molar-refractivity contribution < 1.29 is 8.42 Å². The van der Waals surface area contributed by atoms with Crippen molar-refractivity contribution in [3.63, 3.8) is 0 Å². The van der Waals surface area contributed by atoms with Crippen molar-refractivity contribution in [2.45, 2.75) is 17.7 Å². The molecule has 0 aromatic heterocycles. The molecule has 24 heavy (non-hydrogen) atoms. The van der Waals surface area contributed by atoms with Gasteiger partial charge in [0.25, 0.3) is 0 Å². The van der Waals surface area contributed by atoms with Gasteiger partial charge in [-0.25, -0.2) is 8.42 Å². The molecule has 3 nitrogen and oxygen atoms in total. The fourth-order valence-corrected chi connectivity index (χ4v) is 7.06. The monoisotopic (exact) mass is 359 g/mol. The maximum Gasteiger partial charge on any atom is 0.243 e. The summed E-state index contributed by atoms with van der Waals surface area (Å²) in [4.78, 5) is 0.430. The van der Waals surface area contributed by atoms with Crippen molar-refractivity contribution in [2.75, 3.05) is 24.6 Å². The molecule has 4 rings (SSSR count). The Bertz CT molecular complexity index is 827. The Kier molecular flexibility index (Phi) is 4.19. The molecule has 2 fully saturated rings. The van der Waals surface area contributed by atoms with Crippen LogP contribution in [0.25, 0.3) is 11.1 Å². The van der Waals surface area contributed by atoms with Gasteiger partial charge in [0, 0.05) is 24.4 Å². The second kappa shape index (κ2) is 6.21. The van der Waals surface area contributed by atoms with Crippen LogP contribution in [0.4, 0.5) is 0 Å². The van der Waals surface area contributed by atoms with E-state index in [1.807, 2.05) is 60.3 Å². The number of rotatable bonds is 3. The molecule has 0 radical (unpaired) electrons. The highest BCUT2D eigenvalue weighted by atomic mass is 32.2. The zero-order chi connectivity index (χ0) is 16.6. The van der Waals surface area contributed by atoms with Gasteiger partial charge in [0.2, 0.25) is 10.0 Å². The molecule has 2 aliphatic heterocycles. The zero-order valence-electron chi connectivity index (χ0n) is 13.5. The third kappa shape index (κ3) is 2.79. The predicted molar refractivity (Wildman–Crippen MR) is 99.6 cm³/mol. The Morgan fingerprint density at radius 2 is 1.71 bits per heavy atom. The topological polar surface area (TPSA) is 37.4 Å². The smallest absolute Gasteiger partial charge is 0.207 e. The minimum Gasteiger partial charge on any atom is -0.207 e. The summed E-state index contributed by atoms with van der Waals surface area (Å²) < 4.78 is 28.3. The molecule has 0 N–H and O–H groups in total. The number of hydrogen-bond donors (Lipinski definition) is 0. The number of benzene rings is 2. The van der Waals surface area contributed by atoms with E-state index in [0.717, 1.165) is 35.5 Å². The van der Waals surface area contributed by atoms with Crippen LogP contribution in [0.15, 0.2) is 59.5 Å². The molecule has 2 aliphatic rings. The summed E-state index contributed by atoms with van der Waals surface area (Å²) in [7, 11) is -3.46. The normalized spacial score (nSPS) is 24.7. The average molecular weight is 360 g/mol. The first-order valence-corrected chi connectivity index (χ1v) is 10.9. The SMILES string of the molecule is O=S(=O)(c1ccccc1-c1ccccc1)N1CCC2(CCSC2)C1. The minimum atomic E-state index is -3.46. The fraction of sp³-hybridized carbons (Fsp3) is 0.368. The van der Waals surface area contributed by atoms with Gasteiger partial charge in [-0.05, 0) is 35.6 Å². The summed E-state index contributed by atoms with van der Waals surface area (Å²) in [6.45, 7) is 1.32. The molecule has 1 unspecified atom stereocenters. The van der Waals surface area contributed by atoms with E-state index in [4.69, 9.17) is 0 Å². The van der Waals surface area contributed by atoms with Crippen molar-refractivity contribution in [3.8, 4) is 11.1 Å². The maximum atomic E-state index is 13.3. The summed E-state index contributed by atoms with van der Waals surface area (Å²) in [5.74, 6) is 2.26. The Balaban J connectivity index is 1.71. The number of nitrogens with zero attached hydrogens (tertiary/aromatic N) is 1. The Hall–Kier alpha value is -1.30. The van der Waals surface area contributed by atoms with Crippen LogP contribution >= 0.6 is 11.8 Å². The molecule has 5 heteroatoms. The Morgan fingerprint density at radius 1 is 0.958 bits per heavy atom. The van der Waals surface area contributed by atoms with E-state index < -0.39 is 10.0 Å². The van der Waals surface area contributed by atoms with Gasteiger partial charge in [0.05, 0.1) is 4.90 Å². The molecule has 0 amide bonds. The molecule has 1 atom stereocenters. The summed E-state index contributed by atoms with van der Waals surface area (Å²) in [5, 5.41) is 0. The molecule has 0 aliphatic carbocycles. The summed E-state index contributed by atoms with van der Waals surface area (Å²) in [6, 6.07) is 17.1. The first kappa shape index (κ1) is 16.2. The highest BCUT2D eigenvalue weighted by molar-refractivity contribution is 7.99. The van der Waals surface area contributed by atoms with E-state index in [1.54, 1.807) is 10.4 Å². The third-order valence-corrected chi connectivity index (χ3v) is 8.39. The van der Waals surface area contributed by atoms with Gasteiger partial charge >= 0.3 is 0 Å². The van der Waals surface area contributed by atoms with E-state index in [1.165, 1.54) is 0 Å². The van der Waals surface area contributed by atoms with Gasteiger partial charge in [-0.1, -0.05) is 48.5 Å². The van der Waals surface area contributed by atoms with Crippen LogP contribution in [0.5, 0.6) is 0 Å². The first-order valence-electron chi connectivity index (χ1n) is 8.33. The third-order valence-electron chi connectivity index (χ3n) is 5.18. The zero-order valence-corrected chi connectivity index (χ0v) is 15.2. The van der Waals surface area contributed by atoms with Gasteiger partial charge in [-0.3, -0.25) is 0 Å². The molecule has 0 bridgehead atoms. The second-order valence-corrected chi connectivity index (χ2v) is 9.76. The first-order chi connectivity index (χ1) is 11.6. The van der Waals surface area contributed by atoms with Crippen LogP contribution in [-0.2, 0) is 10.0 Å². The number of thioether (sulfide) groups is 1. The number of hydrogen-bond acceptors (Lipinski definition) is 3. The lowest BCUT2D eigenvalue weighted by Gasteiger charge is -2.23. The van der Waals surface area contributed by atoms with Crippen molar-refractivity contribution >= 4 is 21.8 Å². The van der Waals surface area contributed by atoms with E-state index in [9.17, 15) is 8.42 Å². The molecule has 0 saturated carbocycles. The van der Waals surface area contributed by atoms with Crippen LogP contribution in [0.3, 0.4) is 0 Å².